The standard InChI is InChI=1S/C11H18F3N3/c1-2-17-8-7-16-10(17)9-15-6-4-3-5-11(12,13)14/h7-8,15H,2-6,9H2,1H3. The summed E-state index contributed by atoms with van der Waals surface area (Å²) in [5.41, 5.74) is 0. The summed E-state index contributed by atoms with van der Waals surface area (Å²) in [7, 11) is 0. The zero-order chi connectivity index (χ0) is 12.7. The second-order valence-electron chi connectivity index (χ2n) is 3.88. The van der Waals surface area contributed by atoms with E-state index >= 15 is 0 Å². The molecule has 1 N–H and O–H groups in total. The maximum Gasteiger partial charge on any atom is 0.389 e. The number of rotatable bonds is 7. The third-order valence-electron chi connectivity index (χ3n) is 2.49. The topological polar surface area (TPSA) is 29.9 Å². The van der Waals surface area contributed by atoms with E-state index in [4.69, 9.17) is 0 Å². The molecule has 0 aliphatic rings. The van der Waals surface area contributed by atoms with Gasteiger partial charge in [0, 0.05) is 25.4 Å². The van der Waals surface area contributed by atoms with Crippen molar-refractivity contribution in [2.24, 2.45) is 0 Å². The van der Waals surface area contributed by atoms with Gasteiger partial charge in [0.05, 0.1) is 6.54 Å². The summed E-state index contributed by atoms with van der Waals surface area (Å²) in [6.45, 7) is 4.07. The SMILES string of the molecule is CCn1ccnc1CNCCCCC(F)(F)F. The van der Waals surface area contributed by atoms with Gasteiger partial charge in [-0.2, -0.15) is 13.2 Å². The first-order valence-corrected chi connectivity index (χ1v) is 5.80. The van der Waals surface area contributed by atoms with Crippen molar-refractivity contribution >= 4 is 0 Å². The van der Waals surface area contributed by atoms with Gasteiger partial charge in [-0.3, -0.25) is 0 Å². The van der Waals surface area contributed by atoms with Crippen molar-refractivity contribution in [2.45, 2.75) is 45.5 Å². The van der Waals surface area contributed by atoms with Crippen molar-refractivity contribution in [2.75, 3.05) is 6.54 Å². The fourth-order valence-corrected chi connectivity index (χ4v) is 1.57. The number of imidazole rings is 1. The van der Waals surface area contributed by atoms with E-state index in [1.54, 1.807) is 6.20 Å². The third-order valence-corrected chi connectivity index (χ3v) is 2.49. The molecule has 0 saturated carbocycles. The van der Waals surface area contributed by atoms with Gasteiger partial charge in [0.2, 0.25) is 0 Å². The summed E-state index contributed by atoms with van der Waals surface area (Å²) in [6, 6.07) is 0. The molecule has 0 amide bonds. The number of hydrogen-bond donors (Lipinski definition) is 1. The molecular formula is C11H18F3N3. The molecule has 0 fully saturated rings. The smallest absolute Gasteiger partial charge is 0.334 e. The van der Waals surface area contributed by atoms with Crippen LogP contribution in [0.2, 0.25) is 0 Å². The Bertz CT molecular complexity index is 320. The molecule has 0 bridgehead atoms. The van der Waals surface area contributed by atoms with E-state index < -0.39 is 12.6 Å². The van der Waals surface area contributed by atoms with Gasteiger partial charge in [-0.15, -0.1) is 0 Å². The van der Waals surface area contributed by atoms with Crippen LogP contribution in [0.3, 0.4) is 0 Å². The van der Waals surface area contributed by atoms with Crippen molar-refractivity contribution in [3.05, 3.63) is 18.2 Å². The van der Waals surface area contributed by atoms with Crippen molar-refractivity contribution in [1.29, 1.82) is 0 Å². The molecule has 3 nitrogen and oxygen atoms in total. The first-order chi connectivity index (χ1) is 8.03. The van der Waals surface area contributed by atoms with Crippen LogP contribution >= 0.6 is 0 Å². The first kappa shape index (κ1) is 14.0. The quantitative estimate of drug-likeness (QED) is 0.753. The second kappa shape index (κ2) is 6.64. The number of hydrogen-bond acceptors (Lipinski definition) is 2. The molecule has 0 saturated heterocycles. The van der Waals surface area contributed by atoms with Crippen LogP contribution in [0.5, 0.6) is 0 Å². The van der Waals surface area contributed by atoms with Gasteiger partial charge in [-0.05, 0) is 26.3 Å². The fourth-order valence-electron chi connectivity index (χ4n) is 1.57. The predicted octanol–water partition coefficient (Wildman–Crippen LogP) is 2.73. The summed E-state index contributed by atoms with van der Waals surface area (Å²) >= 11 is 0. The molecule has 0 aromatic carbocycles. The van der Waals surface area contributed by atoms with Crippen LogP contribution in [0.4, 0.5) is 13.2 Å². The molecule has 98 valence electrons. The summed E-state index contributed by atoms with van der Waals surface area (Å²) < 4.78 is 37.6. The van der Waals surface area contributed by atoms with Gasteiger partial charge in [-0.25, -0.2) is 4.98 Å². The maximum atomic E-state index is 11.9. The van der Waals surface area contributed by atoms with Crippen LogP contribution in [0.25, 0.3) is 0 Å². The van der Waals surface area contributed by atoms with E-state index in [-0.39, 0.29) is 6.42 Å². The van der Waals surface area contributed by atoms with Crippen molar-refractivity contribution in [1.82, 2.24) is 14.9 Å². The Morgan fingerprint density at radius 3 is 2.76 bits per heavy atom. The van der Waals surface area contributed by atoms with E-state index in [1.165, 1.54) is 0 Å². The molecular weight excluding hydrogens is 231 g/mol. The number of aryl methyl sites for hydroxylation is 1. The highest BCUT2D eigenvalue weighted by atomic mass is 19.4. The van der Waals surface area contributed by atoms with Crippen LogP contribution in [-0.4, -0.2) is 22.3 Å². The Balaban J connectivity index is 2.09. The van der Waals surface area contributed by atoms with Gasteiger partial charge < -0.3 is 9.88 Å². The molecule has 0 aliphatic carbocycles. The molecule has 0 aliphatic heterocycles. The molecule has 0 unspecified atom stereocenters. The minimum Gasteiger partial charge on any atom is -0.334 e. The summed E-state index contributed by atoms with van der Waals surface area (Å²) in [6.07, 6.45) is -0.396. The first-order valence-electron chi connectivity index (χ1n) is 5.80. The number of alkyl halides is 3. The van der Waals surface area contributed by atoms with Crippen LogP contribution in [0.1, 0.15) is 32.0 Å². The molecule has 1 aromatic heterocycles. The molecule has 1 aromatic rings. The molecule has 0 atom stereocenters. The zero-order valence-corrected chi connectivity index (χ0v) is 9.93. The number of halogens is 3. The highest BCUT2D eigenvalue weighted by Crippen LogP contribution is 2.21. The Labute approximate surface area is 99.0 Å². The maximum absolute atomic E-state index is 11.9. The normalized spacial score (nSPS) is 12.0. The number of unbranched alkanes of at least 4 members (excludes halogenated alkanes) is 1. The Morgan fingerprint density at radius 1 is 1.35 bits per heavy atom. The lowest BCUT2D eigenvalue weighted by Gasteiger charge is -2.08. The Hall–Kier alpha value is -1.04. The van der Waals surface area contributed by atoms with Crippen LogP contribution in [0, 0.1) is 0 Å². The molecule has 0 spiro atoms. The van der Waals surface area contributed by atoms with Crippen LogP contribution in [-0.2, 0) is 13.1 Å². The Morgan fingerprint density at radius 2 is 2.12 bits per heavy atom. The molecule has 6 heteroatoms. The average molecular weight is 249 g/mol. The lowest BCUT2D eigenvalue weighted by Crippen LogP contribution is -2.18. The van der Waals surface area contributed by atoms with Gasteiger partial charge >= 0.3 is 6.18 Å². The van der Waals surface area contributed by atoms with E-state index in [9.17, 15) is 13.2 Å². The molecule has 1 heterocycles. The molecule has 0 radical (unpaired) electrons. The average Bonchev–Trinajstić information content (AvgIpc) is 2.69. The van der Waals surface area contributed by atoms with E-state index in [0.717, 1.165) is 12.4 Å². The fraction of sp³-hybridized carbons (Fsp3) is 0.727. The second-order valence-corrected chi connectivity index (χ2v) is 3.88. The summed E-state index contributed by atoms with van der Waals surface area (Å²) in [4.78, 5) is 4.16. The van der Waals surface area contributed by atoms with E-state index in [0.29, 0.717) is 19.5 Å². The minimum absolute atomic E-state index is 0.179. The number of aromatic nitrogens is 2. The van der Waals surface area contributed by atoms with Gasteiger partial charge in [-0.1, -0.05) is 0 Å². The zero-order valence-electron chi connectivity index (χ0n) is 9.93. The lowest BCUT2D eigenvalue weighted by molar-refractivity contribution is -0.135. The number of nitrogens with zero attached hydrogens (tertiary/aromatic N) is 2. The molecule has 17 heavy (non-hydrogen) atoms. The monoisotopic (exact) mass is 249 g/mol. The van der Waals surface area contributed by atoms with Gasteiger partial charge in [0.25, 0.3) is 0 Å². The largest absolute Gasteiger partial charge is 0.389 e. The van der Waals surface area contributed by atoms with Crippen molar-refractivity contribution in [3.8, 4) is 0 Å². The van der Waals surface area contributed by atoms with Crippen LogP contribution < -0.4 is 5.32 Å². The third kappa shape index (κ3) is 5.72. The van der Waals surface area contributed by atoms with E-state index in [1.807, 2.05) is 17.7 Å². The van der Waals surface area contributed by atoms with Gasteiger partial charge in [0.1, 0.15) is 5.82 Å². The summed E-state index contributed by atoms with van der Waals surface area (Å²) in [5, 5.41) is 3.10. The molecule has 1 rings (SSSR count). The van der Waals surface area contributed by atoms with Crippen LogP contribution in [0.15, 0.2) is 12.4 Å². The van der Waals surface area contributed by atoms with E-state index in [2.05, 4.69) is 10.3 Å². The van der Waals surface area contributed by atoms with Crippen molar-refractivity contribution in [3.63, 3.8) is 0 Å². The highest BCUT2D eigenvalue weighted by molar-refractivity contribution is 4.91. The number of nitrogens with one attached hydrogen (secondary N) is 1. The highest BCUT2D eigenvalue weighted by Gasteiger charge is 2.25. The Kier molecular flexibility index (Phi) is 5.47. The van der Waals surface area contributed by atoms with Gasteiger partial charge in [0.15, 0.2) is 0 Å². The summed E-state index contributed by atoms with van der Waals surface area (Å²) in [5.74, 6) is 0.920. The minimum atomic E-state index is -4.03. The predicted molar refractivity (Wildman–Crippen MR) is 59.5 cm³/mol. The van der Waals surface area contributed by atoms with Crippen molar-refractivity contribution < 1.29 is 13.2 Å². The lowest BCUT2D eigenvalue weighted by atomic mass is 10.2.